The van der Waals surface area contributed by atoms with Crippen molar-refractivity contribution in [3.8, 4) is 29.0 Å². The summed E-state index contributed by atoms with van der Waals surface area (Å²) in [6, 6.07) is 6.88. The molecule has 1 heterocycles. The Morgan fingerprint density at radius 1 is 1.27 bits per heavy atom. The van der Waals surface area contributed by atoms with Crippen LogP contribution in [-0.4, -0.2) is 12.1 Å². The monoisotopic (exact) mass is 378 g/mol. The van der Waals surface area contributed by atoms with E-state index in [1.54, 1.807) is 18.2 Å². The molecule has 0 fully saturated rings. The molecular weight excluding hydrogens is 372 g/mol. The topological polar surface area (TPSA) is 116 Å². The molecule has 110 valence electrons. The highest BCUT2D eigenvalue weighted by atomic mass is 79.9. The number of pyridine rings is 1. The standard InChI is InChI=1S/C14H8BrClN4O2/c1-22-12-8(15)2-3-9(16)11(12)10-6(4-17)13(19)20-14(21)7(10)5-18/h2-3H,1H3,(H3,19,20,21). The molecule has 1 aromatic carbocycles. The third-order valence-corrected chi connectivity index (χ3v) is 3.92. The predicted molar refractivity (Wildman–Crippen MR) is 85.6 cm³/mol. The van der Waals surface area contributed by atoms with Crippen LogP contribution < -0.4 is 16.0 Å². The van der Waals surface area contributed by atoms with E-state index in [4.69, 9.17) is 22.1 Å². The number of H-pyrrole nitrogens is 1. The second-order valence-corrected chi connectivity index (χ2v) is 5.42. The van der Waals surface area contributed by atoms with Gasteiger partial charge in [0.15, 0.2) is 0 Å². The molecule has 0 aliphatic rings. The number of nitrogens with two attached hydrogens (primary N) is 1. The Bertz CT molecular complexity index is 909. The van der Waals surface area contributed by atoms with Crippen molar-refractivity contribution in [2.24, 2.45) is 0 Å². The van der Waals surface area contributed by atoms with Crippen molar-refractivity contribution in [3.63, 3.8) is 0 Å². The molecule has 0 unspecified atom stereocenters. The molecular formula is C14H8BrClN4O2. The Hall–Kier alpha value is -2.48. The quantitative estimate of drug-likeness (QED) is 0.832. The normalized spacial score (nSPS) is 9.86. The van der Waals surface area contributed by atoms with Crippen LogP contribution in [0.1, 0.15) is 11.1 Å². The molecule has 3 N–H and O–H groups in total. The summed E-state index contributed by atoms with van der Waals surface area (Å²) in [5.41, 5.74) is 4.99. The smallest absolute Gasteiger partial charge is 0.268 e. The van der Waals surface area contributed by atoms with E-state index in [-0.39, 0.29) is 33.1 Å². The molecule has 0 aliphatic carbocycles. The van der Waals surface area contributed by atoms with E-state index in [2.05, 4.69) is 20.9 Å². The summed E-state index contributed by atoms with van der Waals surface area (Å²) in [5.74, 6) is 0.157. The summed E-state index contributed by atoms with van der Waals surface area (Å²) < 4.78 is 5.84. The lowest BCUT2D eigenvalue weighted by molar-refractivity contribution is 0.414. The van der Waals surface area contributed by atoms with E-state index in [1.807, 2.05) is 6.07 Å². The summed E-state index contributed by atoms with van der Waals surface area (Å²) in [7, 11) is 1.41. The van der Waals surface area contributed by atoms with E-state index in [0.717, 1.165) is 0 Å². The Labute approximate surface area is 138 Å². The first-order valence-electron chi connectivity index (χ1n) is 5.84. The minimum Gasteiger partial charge on any atom is -0.495 e. The Morgan fingerprint density at radius 2 is 1.91 bits per heavy atom. The molecule has 0 bridgehead atoms. The predicted octanol–water partition coefficient (Wildman–Crippen LogP) is 2.79. The second-order valence-electron chi connectivity index (χ2n) is 4.15. The van der Waals surface area contributed by atoms with Crippen molar-refractivity contribution in [1.82, 2.24) is 4.98 Å². The number of ether oxygens (including phenoxy) is 1. The number of nitrogen functional groups attached to an aromatic ring is 1. The van der Waals surface area contributed by atoms with Gasteiger partial charge in [0.25, 0.3) is 5.56 Å². The average Bonchev–Trinajstić information content (AvgIpc) is 2.48. The molecule has 6 nitrogen and oxygen atoms in total. The zero-order valence-corrected chi connectivity index (χ0v) is 13.5. The number of nitrogens with zero attached hydrogens (tertiary/aromatic N) is 2. The number of halogens is 2. The number of benzene rings is 1. The number of rotatable bonds is 2. The first kappa shape index (κ1) is 15.9. The number of aromatic amines is 1. The minimum absolute atomic E-state index is 0.0468. The lowest BCUT2D eigenvalue weighted by Crippen LogP contribution is -2.16. The lowest BCUT2D eigenvalue weighted by atomic mass is 9.96. The molecule has 0 saturated carbocycles. The number of hydrogen-bond donors (Lipinski definition) is 2. The Balaban J connectivity index is 3.09. The number of nitriles is 2. The van der Waals surface area contributed by atoms with Crippen molar-refractivity contribution in [3.05, 3.63) is 43.1 Å². The molecule has 1 aromatic heterocycles. The number of nitrogens with one attached hydrogen (secondary N) is 1. The van der Waals surface area contributed by atoms with E-state index in [1.165, 1.54) is 7.11 Å². The van der Waals surface area contributed by atoms with Crippen LogP contribution in [0.25, 0.3) is 11.1 Å². The van der Waals surface area contributed by atoms with Gasteiger partial charge in [-0.3, -0.25) is 4.79 Å². The molecule has 0 spiro atoms. The second kappa shape index (κ2) is 6.10. The van der Waals surface area contributed by atoms with Crippen LogP contribution >= 0.6 is 27.5 Å². The maximum absolute atomic E-state index is 12.0. The fourth-order valence-electron chi connectivity index (χ4n) is 2.06. The first-order chi connectivity index (χ1) is 10.5. The zero-order chi connectivity index (χ0) is 16.4. The van der Waals surface area contributed by atoms with Crippen LogP contribution in [0.2, 0.25) is 5.02 Å². The molecule has 0 atom stereocenters. The summed E-state index contributed by atoms with van der Waals surface area (Å²) in [5, 5.41) is 18.8. The maximum atomic E-state index is 12.0. The average molecular weight is 380 g/mol. The zero-order valence-electron chi connectivity index (χ0n) is 11.2. The molecule has 0 saturated heterocycles. The van der Waals surface area contributed by atoms with Gasteiger partial charge in [0.05, 0.1) is 16.6 Å². The van der Waals surface area contributed by atoms with Gasteiger partial charge in [-0.05, 0) is 28.1 Å². The number of aromatic nitrogens is 1. The molecule has 22 heavy (non-hydrogen) atoms. The van der Waals surface area contributed by atoms with Gasteiger partial charge in [-0.15, -0.1) is 0 Å². The van der Waals surface area contributed by atoms with Crippen LogP contribution in [0.3, 0.4) is 0 Å². The molecule has 2 aromatic rings. The van der Waals surface area contributed by atoms with Gasteiger partial charge in [-0.2, -0.15) is 10.5 Å². The highest BCUT2D eigenvalue weighted by Crippen LogP contribution is 2.43. The fraction of sp³-hybridized carbons (Fsp3) is 0.0714. The number of anilines is 1. The Kier molecular flexibility index (Phi) is 4.41. The Morgan fingerprint density at radius 3 is 2.45 bits per heavy atom. The first-order valence-corrected chi connectivity index (χ1v) is 7.01. The highest BCUT2D eigenvalue weighted by Gasteiger charge is 2.24. The van der Waals surface area contributed by atoms with E-state index < -0.39 is 5.56 Å². The van der Waals surface area contributed by atoms with Crippen LogP contribution in [0.5, 0.6) is 5.75 Å². The van der Waals surface area contributed by atoms with Gasteiger partial charge in [0.2, 0.25) is 0 Å². The van der Waals surface area contributed by atoms with Gasteiger partial charge in [-0.1, -0.05) is 11.6 Å². The third kappa shape index (κ3) is 2.41. The van der Waals surface area contributed by atoms with Gasteiger partial charge in [-0.25, -0.2) is 0 Å². The van der Waals surface area contributed by atoms with Gasteiger partial charge < -0.3 is 15.5 Å². The maximum Gasteiger partial charge on any atom is 0.268 e. The summed E-state index contributed by atoms with van der Waals surface area (Å²) >= 11 is 9.51. The third-order valence-electron chi connectivity index (χ3n) is 2.98. The summed E-state index contributed by atoms with van der Waals surface area (Å²) in [6.07, 6.45) is 0. The largest absolute Gasteiger partial charge is 0.495 e. The van der Waals surface area contributed by atoms with Crippen molar-refractivity contribution >= 4 is 33.3 Å². The van der Waals surface area contributed by atoms with Crippen molar-refractivity contribution in [2.75, 3.05) is 12.8 Å². The van der Waals surface area contributed by atoms with Crippen molar-refractivity contribution in [1.29, 1.82) is 10.5 Å². The van der Waals surface area contributed by atoms with E-state index in [9.17, 15) is 15.3 Å². The van der Waals surface area contributed by atoms with Crippen LogP contribution in [0.15, 0.2) is 21.4 Å². The van der Waals surface area contributed by atoms with Crippen molar-refractivity contribution < 1.29 is 4.74 Å². The summed E-state index contributed by atoms with van der Waals surface area (Å²) in [4.78, 5) is 14.2. The van der Waals surface area contributed by atoms with Crippen LogP contribution in [-0.2, 0) is 0 Å². The molecule has 8 heteroatoms. The van der Waals surface area contributed by atoms with Crippen molar-refractivity contribution in [2.45, 2.75) is 0 Å². The van der Waals surface area contributed by atoms with E-state index >= 15 is 0 Å². The fourth-order valence-corrected chi connectivity index (χ4v) is 2.79. The highest BCUT2D eigenvalue weighted by molar-refractivity contribution is 9.10. The number of methoxy groups -OCH3 is 1. The van der Waals surface area contributed by atoms with Gasteiger partial charge in [0, 0.05) is 11.1 Å². The van der Waals surface area contributed by atoms with Crippen LogP contribution in [0.4, 0.5) is 5.82 Å². The van der Waals surface area contributed by atoms with E-state index in [0.29, 0.717) is 10.2 Å². The minimum atomic E-state index is -0.702. The van der Waals surface area contributed by atoms with Gasteiger partial charge >= 0.3 is 0 Å². The van der Waals surface area contributed by atoms with Gasteiger partial charge in [0.1, 0.15) is 34.8 Å². The number of hydrogen-bond acceptors (Lipinski definition) is 5. The molecule has 0 radical (unpaired) electrons. The molecule has 0 aliphatic heterocycles. The molecule has 2 rings (SSSR count). The SMILES string of the molecule is COc1c(Br)ccc(Cl)c1-c1c(C#N)c(N)[nH]c(=O)c1C#N. The van der Waals surface area contributed by atoms with Crippen LogP contribution in [0, 0.1) is 22.7 Å². The summed E-state index contributed by atoms with van der Waals surface area (Å²) in [6.45, 7) is 0. The lowest BCUT2D eigenvalue weighted by Gasteiger charge is -2.15. The molecule has 0 amide bonds.